The van der Waals surface area contributed by atoms with Crippen molar-refractivity contribution in [1.29, 1.82) is 0 Å². The largest absolute Gasteiger partial charge is 0.310 e. The summed E-state index contributed by atoms with van der Waals surface area (Å²) in [5, 5.41) is 7.58. The van der Waals surface area contributed by atoms with Gasteiger partial charge in [-0.2, -0.15) is 0 Å². The lowest BCUT2D eigenvalue weighted by Gasteiger charge is -2.27. The van der Waals surface area contributed by atoms with Gasteiger partial charge in [-0.3, -0.25) is 0 Å². The highest BCUT2D eigenvalue weighted by molar-refractivity contribution is 7.26. The quantitative estimate of drug-likeness (QED) is 0.156. The molecule has 0 bridgehead atoms. The molecule has 12 rings (SSSR count). The van der Waals surface area contributed by atoms with Crippen LogP contribution in [-0.4, -0.2) is 4.57 Å². The van der Waals surface area contributed by atoms with Crippen molar-refractivity contribution in [2.45, 2.75) is 0 Å². The van der Waals surface area contributed by atoms with Crippen LogP contribution >= 0.6 is 11.3 Å². The van der Waals surface area contributed by atoms with Gasteiger partial charge in [0.05, 0.1) is 16.7 Å². The summed E-state index contributed by atoms with van der Waals surface area (Å²) in [6, 6.07) is 84.1. The van der Waals surface area contributed by atoms with E-state index in [-0.39, 0.29) is 0 Å². The standard InChI is InChI=1S/C58H38N2S/c1-3-12-39(13-4-1)40-22-24-41(25-23-40)42-26-32-47(33-27-42)59(53-19-11-21-56-57(53)52-18-9-10-20-55(52)61-56)48-34-28-43(29-35-48)45-31-36-50-51-37-30-44-14-7-8-17-49(44)58(51)60(54(50)38-45)46-15-5-2-6-16-46/h1-38H. The van der Waals surface area contributed by atoms with Crippen LogP contribution in [0.1, 0.15) is 0 Å². The molecule has 0 amide bonds. The topological polar surface area (TPSA) is 8.17 Å². The van der Waals surface area contributed by atoms with Gasteiger partial charge in [-0.15, -0.1) is 11.3 Å². The van der Waals surface area contributed by atoms with Gasteiger partial charge in [-0.1, -0.05) is 170 Å². The molecule has 2 heterocycles. The van der Waals surface area contributed by atoms with E-state index < -0.39 is 0 Å². The second-order valence-corrected chi connectivity index (χ2v) is 16.8. The van der Waals surface area contributed by atoms with Crippen LogP contribution in [0.5, 0.6) is 0 Å². The first-order valence-corrected chi connectivity index (χ1v) is 21.6. The van der Waals surface area contributed by atoms with Gasteiger partial charge in [0.1, 0.15) is 0 Å². The Morgan fingerprint density at radius 2 is 0.869 bits per heavy atom. The van der Waals surface area contributed by atoms with Gasteiger partial charge in [0.15, 0.2) is 0 Å². The van der Waals surface area contributed by atoms with Crippen LogP contribution in [0.25, 0.3) is 91.8 Å². The van der Waals surface area contributed by atoms with Crippen molar-refractivity contribution in [3.63, 3.8) is 0 Å². The van der Waals surface area contributed by atoms with E-state index in [1.165, 1.54) is 91.8 Å². The van der Waals surface area contributed by atoms with Crippen LogP contribution in [0.2, 0.25) is 0 Å². The van der Waals surface area contributed by atoms with Crippen molar-refractivity contribution in [3.8, 4) is 39.1 Å². The number of nitrogens with zero attached hydrogens (tertiary/aromatic N) is 2. The van der Waals surface area contributed by atoms with Crippen LogP contribution < -0.4 is 4.90 Å². The summed E-state index contributed by atoms with van der Waals surface area (Å²) in [6.07, 6.45) is 0. The number of thiophene rings is 1. The highest BCUT2D eigenvalue weighted by atomic mass is 32.1. The molecule has 0 saturated carbocycles. The third-order valence-corrected chi connectivity index (χ3v) is 13.3. The Morgan fingerprint density at radius 1 is 0.344 bits per heavy atom. The Labute approximate surface area is 358 Å². The lowest BCUT2D eigenvalue weighted by molar-refractivity contribution is 1.19. The van der Waals surface area contributed by atoms with Crippen molar-refractivity contribution in [2.24, 2.45) is 0 Å². The Balaban J connectivity index is 0.970. The number of rotatable bonds is 7. The van der Waals surface area contributed by atoms with E-state index >= 15 is 0 Å². The van der Waals surface area contributed by atoms with Crippen molar-refractivity contribution >= 4 is 81.1 Å². The second-order valence-electron chi connectivity index (χ2n) is 15.7. The van der Waals surface area contributed by atoms with E-state index in [0.29, 0.717) is 0 Å². The maximum Gasteiger partial charge on any atom is 0.0619 e. The average Bonchev–Trinajstić information content (AvgIpc) is 3.89. The van der Waals surface area contributed by atoms with Crippen molar-refractivity contribution in [1.82, 2.24) is 4.57 Å². The van der Waals surface area contributed by atoms with E-state index in [2.05, 4.69) is 240 Å². The minimum Gasteiger partial charge on any atom is -0.310 e. The van der Waals surface area contributed by atoms with Crippen LogP contribution in [0.15, 0.2) is 231 Å². The first-order chi connectivity index (χ1) is 30.2. The summed E-state index contributed by atoms with van der Waals surface area (Å²) in [4.78, 5) is 2.43. The molecule has 61 heavy (non-hydrogen) atoms. The molecule has 2 aromatic heterocycles. The Bertz CT molecular complexity index is 3550. The fourth-order valence-electron chi connectivity index (χ4n) is 9.26. The van der Waals surface area contributed by atoms with Gasteiger partial charge in [-0.25, -0.2) is 0 Å². The maximum atomic E-state index is 2.44. The third-order valence-electron chi connectivity index (χ3n) is 12.2. The van der Waals surface area contributed by atoms with E-state index in [4.69, 9.17) is 0 Å². The minimum absolute atomic E-state index is 1.11. The highest BCUT2D eigenvalue weighted by Crippen LogP contribution is 2.46. The van der Waals surface area contributed by atoms with Crippen LogP contribution in [0, 0.1) is 0 Å². The molecule has 2 nitrogen and oxygen atoms in total. The summed E-state index contributed by atoms with van der Waals surface area (Å²) in [7, 11) is 0. The zero-order valence-corrected chi connectivity index (χ0v) is 34.1. The average molecular weight is 795 g/mol. The maximum absolute atomic E-state index is 2.44. The predicted molar refractivity (Wildman–Crippen MR) is 262 cm³/mol. The third kappa shape index (κ3) is 6.01. The van der Waals surface area contributed by atoms with E-state index in [9.17, 15) is 0 Å². The van der Waals surface area contributed by atoms with Gasteiger partial charge in [0.2, 0.25) is 0 Å². The van der Waals surface area contributed by atoms with Gasteiger partial charge in [-0.05, 0) is 99.4 Å². The van der Waals surface area contributed by atoms with Gasteiger partial charge < -0.3 is 9.47 Å². The van der Waals surface area contributed by atoms with Crippen molar-refractivity contribution in [2.75, 3.05) is 4.90 Å². The van der Waals surface area contributed by atoms with Crippen LogP contribution in [-0.2, 0) is 0 Å². The molecule has 12 aromatic rings. The van der Waals surface area contributed by atoms with Gasteiger partial charge in [0, 0.05) is 53.4 Å². The zero-order chi connectivity index (χ0) is 40.3. The number of hydrogen-bond acceptors (Lipinski definition) is 2. The SMILES string of the molecule is c1ccc(-c2ccc(-c3ccc(N(c4ccc(-c5ccc6c7ccc8ccccc8c7n(-c7ccccc7)c6c5)cc4)c4cccc5sc6ccccc6c45)cc3)cc2)cc1. The molecule has 0 saturated heterocycles. The Kier molecular flexibility index (Phi) is 8.39. The number of benzene rings is 10. The molecule has 10 aromatic carbocycles. The lowest BCUT2D eigenvalue weighted by Crippen LogP contribution is -2.10. The summed E-state index contributed by atoms with van der Waals surface area (Å²) in [6.45, 7) is 0. The van der Waals surface area contributed by atoms with E-state index in [1.807, 2.05) is 11.3 Å². The molecular formula is C58H38N2S. The van der Waals surface area contributed by atoms with E-state index in [1.54, 1.807) is 0 Å². The van der Waals surface area contributed by atoms with Crippen LogP contribution in [0.4, 0.5) is 17.1 Å². The Morgan fingerprint density at radius 3 is 1.57 bits per heavy atom. The Hall–Kier alpha value is -7.72. The molecule has 0 aliphatic heterocycles. The second kappa shape index (κ2) is 14.5. The molecule has 3 heteroatoms. The highest BCUT2D eigenvalue weighted by Gasteiger charge is 2.20. The predicted octanol–water partition coefficient (Wildman–Crippen LogP) is 16.8. The number of fused-ring (bicyclic) bond motifs is 8. The minimum atomic E-state index is 1.11. The summed E-state index contributed by atoms with van der Waals surface area (Å²) in [5.41, 5.74) is 14.2. The summed E-state index contributed by atoms with van der Waals surface area (Å²) in [5.74, 6) is 0. The molecule has 0 aliphatic rings. The molecular weight excluding hydrogens is 757 g/mol. The number of para-hydroxylation sites is 1. The molecule has 0 fully saturated rings. The van der Waals surface area contributed by atoms with Gasteiger partial charge in [0.25, 0.3) is 0 Å². The molecule has 0 N–H and O–H groups in total. The number of aromatic nitrogens is 1. The first kappa shape index (κ1) is 35.2. The van der Waals surface area contributed by atoms with Crippen molar-refractivity contribution < 1.29 is 0 Å². The smallest absolute Gasteiger partial charge is 0.0619 e. The monoisotopic (exact) mass is 794 g/mol. The summed E-state index contributed by atoms with van der Waals surface area (Å²) < 4.78 is 5.02. The van der Waals surface area contributed by atoms with E-state index in [0.717, 1.165) is 17.1 Å². The molecule has 0 unspecified atom stereocenters. The lowest BCUT2D eigenvalue weighted by atomic mass is 9.99. The van der Waals surface area contributed by atoms with Gasteiger partial charge >= 0.3 is 0 Å². The zero-order valence-electron chi connectivity index (χ0n) is 33.2. The van der Waals surface area contributed by atoms with Crippen LogP contribution in [0.3, 0.4) is 0 Å². The number of anilines is 3. The van der Waals surface area contributed by atoms with Crippen molar-refractivity contribution in [3.05, 3.63) is 231 Å². The molecule has 0 aliphatic carbocycles. The molecule has 0 radical (unpaired) electrons. The summed E-state index contributed by atoms with van der Waals surface area (Å²) >= 11 is 1.86. The normalized spacial score (nSPS) is 11.6. The fraction of sp³-hybridized carbons (Fsp3) is 0. The molecule has 0 spiro atoms. The molecule has 286 valence electrons. The fourth-order valence-corrected chi connectivity index (χ4v) is 10.4. The first-order valence-electron chi connectivity index (χ1n) is 20.8. The number of hydrogen-bond donors (Lipinski definition) is 0. The molecule has 0 atom stereocenters.